The summed E-state index contributed by atoms with van der Waals surface area (Å²) in [5, 5.41) is 3.00. The second-order valence-corrected chi connectivity index (χ2v) is 3.00. The number of fused-ring (bicyclic) bond motifs is 1. The van der Waals surface area contributed by atoms with Crippen LogP contribution in [0.5, 0.6) is 0 Å². The fraction of sp³-hybridized carbons (Fsp3) is 0.300. The molecule has 0 radical (unpaired) electrons. The third kappa shape index (κ3) is 1.26. The van der Waals surface area contributed by atoms with E-state index in [4.69, 9.17) is 0 Å². The van der Waals surface area contributed by atoms with Crippen molar-refractivity contribution < 1.29 is 0 Å². The van der Waals surface area contributed by atoms with Gasteiger partial charge in [-0.2, -0.15) is 0 Å². The second kappa shape index (κ2) is 3.09. The average Bonchev–Trinajstić information content (AvgIpc) is 2.59. The van der Waals surface area contributed by atoms with Crippen LogP contribution in [0.1, 0.15) is 12.5 Å². The van der Waals surface area contributed by atoms with Gasteiger partial charge in [0.2, 0.25) is 5.95 Å². The number of aromatic nitrogens is 2. The van der Waals surface area contributed by atoms with Gasteiger partial charge in [-0.1, -0.05) is 19.1 Å². The van der Waals surface area contributed by atoms with E-state index in [0.29, 0.717) is 0 Å². The van der Waals surface area contributed by atoms with Gasteiger partial charge in [-0.25, -0.2) is 4.98 Å². The van der Waals surface area contributed by atoms with Gasteiger partial charge >= 0.3 is 0 Å². The summed E-state index contributed by atoms with van der Waals surface area (Å²) in [6.07, 6.45) is 1.02. The van der Waals surface area contributed by atoms with Crippen molar-refractivity contribution in [1.82, 2.24) is 9.97 Å². The van der Waals surface area contributed by atoms with E-state index in [0.717, 1.165) is 23.4 Å². The minimum atomic E-state index is 0.830. The molecule has 1 aromatic heterocycles. The Balaban J connectivity index is 2.67. The number of H-pyrrole nitrogens is 1. The molecule has 0 aliphatic rings. The Morgan fingerprint density at radius 3 is 3.00 bits per heavy atom. The molecular formula is C10H13N3. The van der Waals surface area contributed by atoms with Crippen LogP contribution >= 0.6 is 0 Å². The van der Waals surface area contributed by atoms with Crippen molar-refractivity contribution >= 4 is 17.0 Å². The van der Waals surface area contributed by atoms with E-state index >= 15 is 0 Å². The fourth-order valence-electron chi connectivity index (χ4n) is 1.50. The van der Waals surface area contributed by atoms with Crippen LogP contribution in [0.4, 0.5) is 5.95 Å². The first-order valence-electron chi connectivity index (χ1n) is 4.50. The first-order valence-corrected chi connectivity index (χ1v) is 4.50. The van der Waals surface area contributed by atoms with E-state index in [1.165, 1.54) is 5.56 Å². The van der Waals surface area contributed by atoms with E-state index in [-0.39, 0.29) is 0 Å². The molecule has 0 saturated heterocycles. The third-order valence-corrected chi connectivity index (χ3v) is 2.21. The molecule has 2 aromatic rings. The Hall–Kier alpha value is -1.51. The molecule has 0 amide bonds. The van der Waals surface area contributed by atoms with Crippen LogP contribution in [0.25, 0.3) is 11.0 Å². The third-order valence-electron chi connectivity index (χ3n) is 2.21. The van der Waals surface area contributed by atoms with Crippen molar-refractivity contribution in [2.45, 2.75) is 13.3 Å². The first kappa shape index (κ1) is 8.10. The van der Waals surface area contributed by atoms with Crippen LogP contribution in [0.2, 0.25) is 0 Å². The van der Waals surface area contributed by atoms with Gasteiger partial charge in [-0.3, -0.25) is 0 Å². The Labute approximate surface area is 77.2 Å². The van der Waals surface area contributed by atoms with E-state index in [1.807, 2.05) is 13.1 Å². The Bertz CT molecular complexity index is 417. The molecule has 3 nitrogen and oxygen atoms in total. The number of imidazole rings is 1. The molecule has 2 N–H and O–H groups in total. The summed E-state index contributed by atoms with van der Waals surface area (Å²) < 4.78 is 0. The van der Waals surface area contributed by atoms with Crippen molar-refractivity contribution in [1.29, 1.82) is 0 Å². The molecule has 0 aliphatic carbocycles. The van der Waals surface area contributed by atoms with Gasteiger partial charge in [0.1, 0.15) is 0 Å². The van der Waals surface area contributed by atoms with Crippen molar-refractivity contribution in [3.05, 3.63) is 23.8 Å². The molecule has 1 aromatic carbocycles. The summed E-state index contributed by atoms with van der Waals surface area (Å²) in [7, 11) is 1.86. The van der Waals surface area contributed by atoms with Gasteiger partial charge in [0.05, 0.1) is 11.0 Å². The minimum absolute atomic E-state index is 0.830. The first-order chi connectivity index (χ1) is 6.35. The molecule has 0 atom stereocenters. The average molecular weight is 175 g/mol. The Morgan fingerprint density at radius 2 is 2.31 bits per heavy atom. The number of para-hydroxylation sites is 1. The number of hydrogen-bond donors (Lipinski definition) is 2. The number of nitrogens with one attached hydrogen (secondary N) is 2. The number of benzene rings is 1. The lowest BCUT2D eigenvalue weighted by Crippen LogP contribution is -1.88. The van der Waals surface area contributed by atoms with Gasteiger partial charge in [0.15, 0.2) is 0 Å². The highest BCUT2D eigenvalue weighted by Crippen LogP contribution is 2.18. The van der Waals surface area contributed by atoms with Crippen LogP contribution < -0.4 is 5.32 Å². The van der Waals surface area contributed by atoms with Crippen molar-refractivity contribution in [2.24, 2.45) is 0 Å². The number of aryl methyl sites for hydroxylation is 1. The maximum atomic E-state index is 4.44. The molecule has 0 bridgehead atoms. The predicted molar refractivity (Wildman–Crippen MR) is 55.0 cm³/mol. The smallest absolute Gasteiger partial charge is 0.200 e. The molecule has 1 heterocycles. The van der Waals surface area contributed by atoms with E-state index in [1.54, 1.807) is 0 Å². The second-order valence-electron chi connectivity index (χ2n) is 3.00. The zero-order valence-corrected chi connectivity index (χ0v) is 7.89. The molecule has 2 rings (SSSR count). The highest BCUT2D eigenvalue weighted by Gasteiger charge is 2.03. The maximum Gasteiger partial charge on any atom is 0.200 e. The van der Waals surface area contributed by atoms with Gasteiger partial charge in [-0.15, -0.1) is 0 Å². The van der Waals surface area contributed by atoms with Gasteiger partial charge in [0, 0.05) is 7.05 Å². The zero-order chi connectivity index (χ0) is 9.26. The van der Waals surface area contributed by atoms with Gasteiger partial charge in [0.25, 0.3) is 0 Å². The van der Waals surface area contributed by atoms with Crippen LogP contribution in [-0.4, -0.2) is 17.0 Å². The van der Waals surface area contributed by atoms with Crippen LogP contribution in [0, 0.1) is 0 Å². The molecule has 0 saturated carbocycles. The number of hydrogen-bond acceptors (Lipinski definition) is 2. The summed E-state index contributed by atoms with van der Waals surface area (Å²) in [5.41, 5.74) is 3.47. The highest BCUT2D eigenvalue weighted by atomic mass is 15.1. The van der Waals surface area contributed by atoms with E-state index in [9.17, 15) is 0 Å². The van der Waals surface area contributed by atoms with E-state index in [2.05, 4.69) is 34.3 Å². The normalized spacial score (nSPS) is 10.6. The topological polar surface area (TPSA) is 40.7 Å². The minimum Gasteiger partial charge on any atom is -0.359 e. The summed E-state index contributed by atoms with van der Waals surface area (Å²) in [5.74, 6) is 0.830. The van der Waals surface area contributed by atoms with Crippen molar-refractivity contribution in [2.75, 3.05) is 12.4 Å². The van der Waals surface area contributed by atoms with Crippen LogP contribution in [0.3, 0.4) is 0 Å². The Kier molecular flexibility index (Phi) is 1.93. The molecule has 3 heteroatoms. The highest BCUT2D eigenvalue weighted by molar-refractivity contribution is 5.80. The summed E-state index contributed by atoms with van der Waals surface area (Å²) in [6, 6.07) is 6.21. The molecule has 0 aliphatic heterocycles. The number of aromatic amines is 1. The molecular weight excluding hydrogens is 162 g/mol. The van der Waals surface area contributed by atoms with Gasteiger partial charge < -0.3 is 10.3 Å². The van der Waals surface area contributed by atoms with Crippen LogP contribution in [-0.2, 0) is 6.42 Å². The lowest BCUT2D eigenvalue weighted by atomic mass is 10.1. The van der Waals surface area contributed by atoms with Crippen molar-refractivity contribution in [3.8, 4) is 0 Å². The lowest BCUT2D eigenvalue weighted by molar-refractivity contribution is 1.15. The number of nitrogens with zero attached hydrogens (tertiary/aromatic N) is 1. The molecule has 68 valence electrons. The molecule has 0 unspecified atom stereocenters. The molecule has 0 spiro atoms. The zero-order valence-electron chi connectivity index (χ0n) is 7.89. The summed E-state index contributed by atoms with van der Waals surface area (Å²) in [4.78, 5) is 7.63. The van der Waals surface area contributed by atoms with Crippen LogP contribution in [0.15, 0.2) is 18.2 Å². The summed E-state index contributed by atoms with van der Waals surface area (Å²) in [6.45, 7) is 2.14. The largest absolute Gasteiger partial charge is 0.359 e. The quantitative estimate of drug-likeness (QED) is 0.734. The molecule has 0 fully saturated rings. The Morgan fingerprint density at radius 1 is 1.46 bits per heavy atom. The predicted octanol–water partition coefficient (Wildman–Crippen LogP) is 2.17. The van der Waals surface area contributed by atoms with Gasteiger partial charge in [-0.05, 0) is 18.1 Å². The fourth-order valence-corrected chi connectivity index (χ4v) is 1.50. The lowest BCUT2D eigenvalue weighted by Gasteiger charge is -1.95. The number of anilines is 1. The maximum absolute atomic E-state index is 4.44. The molecule has 13 heavy (non-hydrogen) atoms. The monoisotopic (exact) mass is 175 g/mol. The van der Waals surface area contributed by atoms with Crippen molar-refractivity contribution in [3.63, 3.8) is 0 Å². The van der Waals surface area contributed by atoms with E-state index < -0.39 is 0 Å². The number of rotatable bonds is 2. The standard InChI is InChI=1S/C10H13N3/c1-3-7-5-4-6-8-9(7)13-10(11-2)12-8/h4-6H,3H2,1-2H3,(H2,11,12,13). The summed E-state index contributed by atoms with van der Waals surface area (Å²) >= 11 is 0. The SMILES string of the molecule is CCc1cccc2[nH]c(NC)nc12.